The molecule has 1 heterocycles. The Morgan fingerprint density at radius 1 is 1.13 bits per heavy atom. The monoisotopic (exact) mass is 330 g/mol. The van der Waals surface area contributed by atoms with Gasteiger partial charge in [-0.1, -0.05) is 42.5 Å². The molecule has 1 saturated carbocycles. The molecule has 1 aliphatic heterocycles. The minimum atomic E-state index is 0. The third kappa shape index (κ3) is 3.36. The van der Waals surface area contributed by atoms with Crippen molar-refractivity contribution in [3.05, 3.63) is 48.0 Å². The van der Waals surface area contributed by atoms with E-state index in [1.165, 1.54) is 16.3 Å². The molecule has 1 amide bonds. The first kappa shape index (κ1) is 16.3. The number of rotatable bonds is 3. The molecule has 2 aliphatic rings. The van der Waals surface area contributed by atoms with Gasteiger partial charge in [-0.05, 0) is 48.1 Å². The lowest BCUT2D eigenvalue weighted by Crippen LogP contribution is -2.46. The van der Waals surface area contributed by atoms with Crippen LogP contribution in [0.3, 0.4) is 0 Å². The van der Waals surface area contributed by atoms with Crippen LogP contribution in [-0.2, 0) is 4.79 Å². The van der Waals surface area contributed by atoms with Crippen molar-refractivity contribution >= 4 is 29.1 Å². The van der Waals surface area contributed by atoms with E-state index in [0.717, 1.165) is 32.4 Å². The molecular formula is C19H23ClN2O. The van der Waals surface area contributed by atoms with Gasteiger partial charge in [-0.3, -0.25) is 4.79 Å². The summed E-state index contributed by atoms with van der Waals surface area (Å²) in [7, 11) is 0. The highest BCUT2D eigenvalue weighted by Gasteiger charge is 2.44. The van der Waals surface area contributed by atoms with E-state index in [1.54, 1.807) is 0 Å². The second-order valence-electron chi connectivity index (χ2n) is 6.57. The topological polar surface area (TPSA) is 41.1 Å². The van der Waals surface area contributed by atoms with E-state index in [1.807, 2.05) is 0 Å². The molecule has 0 spiro atoms. The van der Waals surface area contributed by atoms with Crippen LogP contribution in [0, 0.1) is 5.92 Å². The van der Waals surface area contributed by atoms with Gasteiger partial charge >= 0.3 is 0 Å². The van der Waals surface area contributed by atoms with E-state index < -0.39 is 0 Å². The predicted octanol–water partition coefficient (Wildman–Crippen LogP) is 3.23. The van der Waals surface area contributed by atoms with E-state index in [-0.39, 0.29) is 24.2 Å². The number of nitrogens with one attached hydrogen (secondary N) is 2. The number of hydrogen-bond acceptors (Lipinski definition) is 2. The zero-order valence-electron chi connectivity index (χ0n) is 13.1. The highest BCUT2D eigenvalue weighted by Crippen LogP contribution is 2.49. The van der Waals surface area contributed by atoms with Crippen molar-refractivity contribution in [2.75, 3.05) is 13.1 Å². The highest BCUT2D eigenvalue weighted by atomic mass is 35.5. The Morgan fingerprint density at radius 3 is 2.78 bits per heavy atom. The van der Waals surface area contributed by atoms with Gasteiger partial charge in [-0.15, -0.1) is 12.4 Å². The molecular weight excluding hydrogens is 308 g/mol. The standard InChI is InChI=1S/C19H22N2O.ClH/c22-19(21-14-7-4-10-20-12-14)18-11-17(18)16-9-3-6-13-5-1-2-8-15(13)16;/h1-3,5-6,8-9,14,17-18,20H,4,7,10-12H2,(H,21,22);1H. The van der Waals surface area contributed by atoms with Gasteiger partial charge < -0.3 is 10.6 Å². The molecule has 3 nitrogen and oxygen atoms in total. The fourth-order valence-electron chi connectivity index (χ4n) is 3.69. The summed E-state index contributed by atoms with van der Waals surface area (Å²) in [5, 5.41) is 9.14. The van der Waals surface area contributed by atoms with Gasteiger partial charge in [0, 0.05) is 18.5 Å². The number of amides is 1. The van der Waals surface area contributed by atoms with E-state index >= 15 is 0 Å². The van der Waals surface area contributed by atoms with Crippen LogP contribution < -0.4 is 10.6 Å². The van der Waals surface area contributed by atoms with Crippen LogP contribution in [0.2, 0.25) is 0 Å². The summed E-state index contributed by atoms with van der Waals surface area (Å²) in [4.78, 5) is 12.5. The molecule has 2 aromatic carbocycles. The number of piperidine rings is 1. The van der Waals surface area contributed by atoms with Crippen LogP contribution >= 0.6 is 12.4 Å². The first-order valence-electron chi connectivity index (χ1n) is 8.31. The molecule has 1 aliphatic carbocycles. The van der Waals surface area contributed by atoms with E-state index in [9.17, 15) is 4.79 Å². The maximum Gasteiger partial charge on any atom is 0.224 e. The van der Waals surface area contributed by atoms with Crippen LogP contribution in [0.25, 0.3) is 10.8 Å². The SMILES string of the molecule is Cl.O=C(NC1CCCNC1)C1CC1c1cccc2ccccc12. The molecule has 0 aromatic heterocycles. The molecule has 0 radical (unpaired) electrons. The molecule has 3 unspecified atom stereocenters. The summed E-state index contributed by atoms with van der Waals surface area (Å²) in [5.41, 5.74) is 1.33. The average molecular weight is 331 g/mol. The number of carbonyl (C=O) groups excluding carboxylic acids is 1. The fourth-order valence-corrected chi connectivity index (χ4v) is 3.69. The number of benzene rings is 2. The number of halogens is 1. The molecule has 4 heteroatoms. The number of hydrogen-bond donors (Lipinski definition) is 2. The largest absolute Gasteiger partial charge is 0.352 e. The van der Waals surface area contributed by atoms with Gasteiger partial charge in [0.05, 0.1) is 0 Å². The fraction of sp³-hybridized carbons (Fsp3) is 0.421. The number of fused-ring (bicyclic) bond motifs is 1. The molecule has 122 valence electrons. The normalized spacial score (nSPS) is 26.3. The summed E-state index contributed by atoms with van der Waals surface area (Å²) in [6, 6.07) is 15.2. The predicted molar refractivity (Wildman–Crippen MR) is 96.1 cm³/mol. The summed E-state index contributed by atoms with van der Waals surface area (Å²) in [5.74, 6) is 0.794. The summed E-state index contributed by atoms with van der Waals surface area (Å²) in [6.45, 7) is 1.99. The van der Waals surface area contributed by atoms with Crippen molar-refractivity contribution in [1.82, 2.24) is 10.6 Å². The van der Waals surface area contributed by atoms with Gasteiger partial charge in [0.25, 0.3) is 0 Å². The van der Waals surface area contributed by atoms with Crippen LogP contribution in [0.1, 0.15) is 30.7 Å². The molecule has 0 bridgehead atoms. The smallest absolute Gasteiger partial charge is 0.224 e. The van der Waals surface area contributed by atoms with Gasteiger partial charge in [-0.2, -0.15) is 0 Å². The molecule has 2 fully saturated rings. The van der Waals surface area contributed by atoms with Crippen LogP contribution in [-0.4, -0.2) is 25.0 Å². The molecule has 3 atom stereocenters. The van der Waals surface area contributed by atoms with Crippen molar-refractivity contribution in [2.45, 2.75) is 31.2 Å². The lowest BCUT2D eigenvalue weighted by atomic mass is 10.00. The molecule has 23 heavy (non-hydrogen) atoms. The molecule has 1 saturated heterocycles. The lowest BCUT2D eigenvalue weighted by Gasteiger charge is -2.23. The Morgan fingerprint density at radius 2 is 1.96 bits per heavy atom. The van der Waals surface area contributed by atoms with Gasteiger partial charge in [-0.25, -0.2) is 0 Å². The van der Waals surface area contributed by atoms with Crippen LogP contribution in [0.4, 0.5) is 0 Å². The van der Waals surface area contributed by atoms with E-state index in [2.05, 4.69) is 53.1 Å². The maximum absolute atomic E-state index is 12.5. The van der Waals surface area contributed by atoms with Crippen molar-refractivity contribution < 1.29 is 4.79 Å². The Kier molecular flexibility index (Phi) is 4.88. The number of carbonyl (C=O) groups is 1. The third-order valence-electron chi connectivity index (χ3n) is 4.99. The van der Waals surface area contributed by atoms with Gasteiger partial charge in [0.2, 0.25) is 5.91 Å². The Labute approximate surface area is 143 Å². The highest BCUT2D eigenvalue weighted by molar-refractivity contribution is 5.89. The van der Waals surface area contributed by atoms with Crippen molar-refractivity contribution in [1.29, 1.82) is 0 Å². The first-order valence-corrected chi connectivity index (χ1v) is 8.31. The van der Waals surface area contributed by atoms with Gasteiger partial charge in [0.1, 0.15) is 0 Å². The van der Waals surface area contributed by atoms with Gasteiger partial charge in [0.15, 0.2) is 0 Å². The molecule has 4 rings (SSSR count). The summed E-state index contributed by atoms with van der Waals surface area (Å²) >= 11 is 0. The zero-order chi connectivity index (χ0) is 14.9. The van der Waals surface area contributed by atoms with Crippen molar-refractivity contribution in [2.24, 2.45) is 5.92 Å². The zero-order valence-corrected chi connectivity index (χ0v) is 13.9. The quantitative estimate of drug-likeness (QED) is 0.907. The van der Waals surface area contributed by atoms with E-state index in [4.69, 9.17) is 0 Å². The first-order chi connectivity index (χ1) is 10.8. The van der Waals surface area contributed by atoms with E-state index in [0.29, 0.717) is 12.0 Å². The molecule has 2 aromatic rings. The Hall–Kier alpha value is -1.58. The third-order valence-corrected chi connectivity index (χ3v) is 4.99. The van der Waals surface area contributed by atoms with Crippen molar-refractivity contribution in [3.8, 4) is 0 Å². The summed E-state index contributed by atoms with van der Waals surface area (Å²) in [6.07, 6.45) is 3.24. The van der Waals surface area contributed by atoms with Crippen LogP contribution in [0.5, 0.6) is 0 Å². The molecule has 2 N–H and O–H groups in total. The second kappa shape index (κ2) is 6.90. The Bertz CT molecular complexity index is 691. The lowest BCUT2D eigenvalue weighted by molar-refractivity contribution is -0.123. The Balaban J connectivity index is 0.00000156. The van der Waals surface area contributed by atoms with Crippen LogP contribution in [0.15, 0.2) is 42.5 Å². The summed E-state index contributed by atoms with van der Waals surface area (Å²) < 4.78 is 0. The minimum absolute atomic E-state index is 0. The second-order valence-corrected chi connectivity index (χ2v) is 6.57. The minimum Gasteiger partial charge on any atom is -0.352 e. The maximum atomic E-state index is 12.5. The van der Waals surface area contributed by atoms with Crippen molar-refractivity contribution in [3.63, 3.8) is 0 Å². The average Bonchev–Trinajstić information content (AvgIpc) is 3.36.